The van der Waals surface area contributed by atoms with Crippen LogP contribution in [0.4, 0.5) is 4.39 Å². The van der Waals surface area contributed by atoms with Gasteiger partial charge in [-0.05, 0) is 49.4 Å². The molecular formula is C25H31FN2O7S2. The Balaban J connectivity index is 2.04. The molecule has 1 N–H and O–H groups in total. The Morgan fingerprint density at radius 1 is 1.27 bits per heavy atom. The number of benzene rings is 2. The first kappa shape index (κ1) is 29.0. The molecule has 2 aromatic rings. The minimum absolute atomic E-state index is 0.00595. The van der Waals surface area contributed by atoms with E-state index in [0.717, 1.165) is 16.4 Å². The van der Waals surface area contributed by atoms with Gasteiger partial charge >= 0.3 is 0 Å². The molecule has 0 fully saturated rings. The fourth-order valence-electron chi connectivity index (χ4n) is 3.87. The molecule has 0 aromatic heterocycles. The van der Waals surface area contributed by atoms with Gasteiger partial charge in [-0.2, -0.15) is 8.61 Å². The van der Waals surface area contributed by atoms with Crippen molar-refractivity contribution in [3.05, 3.63) is 53.8 Å². The van der Waals surface area contributed by atoms with Crippen molar-refractivity contribution in [3.63, 3.8) is 0 Å². The number of aliphatic hydroxyl groups is 1. The van der Waals surface area contributed by atoms with Crippen molar-refractivity contribution in [1.29, 1.82) is 0 Å². The lowest BCUT2D eigenvalue weighted by molar-refractivity contribution is 0.0904. The molecule has 0 radical (unpaired) electrons. The minimum Gasteiger partial charge on any atom is -0.487 e. The van der Waals surface area contributed by atoms with E-state index in [1.807, 2.05) is 0 Å². The number of hydrogen-bond donors (Lipinski definition) is 1. The highest BCUT2D eigenvalue weighted by Gasteiger charge is 2.39. The molecule has 0 unspecified atom stereocenters. The Morgan fingerprint density at radius 3 is 2.57 bits per heavy atom. The lowest BCUT2D eigenvalue weighted by Gasteiger charge is -2.37. The lowest BCUT2D eigenvalue weighted by Crippen LogP contribution is -2.50. The van der Waals surface area contributed by atoms with Crippen molar-refractivity contribution < 1.29 is 35.8 Å². The summed E-state index contributed by atoms with van der Waals surface area (Å²) >= 11 is 0. The van der Waals surface area contributed by atoms with E-state index in [-0.39, 0.29) is 35.2 Å². The van der Waals surface area contributed by atoms with Gasteiger partial charge in [-0.25, -0.2) is 21.2 Å². The molecule has 2 aromatic carbocycles. The van der Waals surface area contributed by atoms with Gasteiger partial charge in [0, 0.05) is 38.2 Å². The molecule has 0 bridgehead atoms. The Morgan fingerprint density at radius 2 is 1.95 bits per heavy atom. The Bertz CT molecular complexity index is 1370. The molecular weight excluding hydrogens is 523 g/mol. The van der Waals surface area contributed by atoms with Crippen LogP contribution in [0.15, 0.2) is 52.3 Å². The molecule has 1 heterocycles. The Kier molecular flexibility index (Phi) is 9.33. The summed E-state index contributed by atoms with van der Waals surface area (Å²) in [6, 6.07) is 8.22. The van der Waals surface area contributed by atoms with Crippen molar-refractivity contribution in [2.75, 3.05) is 40.5 Å². The molecule has 3 rings (SSSR count). The van der Waals surface area contributed by atoms with E-state index in [2.05, 4.69) is 11.8 Å². The summed E-state index contributed by atoms with van der Waals surface area (Å²) < 4.78 is 80.1. The Labute approximate surface area is 217 Å². The summed E-state index contributed by atoms with van der Waals surface area (Å²) in [5.41, 5.74) is 0.493. The van der Waals surface area contributed by atoms with Crippen LogP contribution in [-0.4, -0.2) is 83.2 Å². The highest BCUT2D eigenvalue weighted by atomic mass is 32.2. The average molecular weight is 555 g/mol. The number of ether oxygens (including phenoxy) is 2. The van der Waals surface area contributed by atoms with Gasteiger partial charge in [-0.3, -0.25) is 0 Å². The molecule has 0 amide bonds. The summed E-state index contributed by atoms with van der Waals surface area (Å²) in [6.07, 6.45) is -0.759. The monoisotopic (exact) mass is 554 g/mol. The molecule has 1 aliphatic heterocycles. The topological polar surface area (TPSA) is 113 Å². The third-order valence-electron chi connectivity index (χ3n) is 6.08. The summed E-state index contributed by atoms with van der Waals surface area (Å²) in [5.74, 6) is 4.69. The van der Waals surface area contributed by atoms with E-state index < -0.39 is 50.5 Å². The Hall–Kier alpha value is -2.53. The first-order valence-electron chi connectivity index (χ1n) is 11.5. The predicted octanol–water partition coefficient (Wildman–Crippen LogP) is 1.91. The molecule has 0 aliphatic carbocycles. The first-order chi connectivity index (χ1) is 17.4. The van der Waals surface area contributed by atoms with E-state index in [0.29, 0.717) is 5.56 Å². The van der Waals surface area contributed by atoms with Crippen LogP contribution in [0, 0.1) is 23.6 Å². The molecule has 3 atom stereocenters. The van der Waals surface area contributed by atoms with Crippen LogP contribution in [0.3, 0.4) is 0 Å². The second-order valence-corrected chi connectivity index (χ2v) is 12.8. The van der Waals surface area contributed by atoms with Crippen molar-refractivity contribution >= 4 is 20.0 Å². The summed E-state index contributed by atoms with van der Waals surface area (Å²) in [4.78, 5) is -0.185. The van der Waals surface area contributed by atoms with E-state index in [9.17, 15) is 26.3 Å². The SMILES string of the molecule is COCC#Cc1ccc2c(c1)O[C@H](CN(C)S(=O)(=O)c1ccc(F)cc1)[C@@H](C)CN([C@@H](C)CO)S2(=O)=O. The van der Waals surface area contributed by atoms with Crippen molar-refractivity contribution in [2.24, 2.45) is 5.92 Å². The number of nitrogens with zero attached hydrogens (tertiary/aromatic N) is 2. The largest absolute Gasteiger partial charge is 0.487 e. The van der Waals surface area contributed by atoms with Gasteiger partial charge in [0.05, 0.1) is 18.0 Å². The summed E-state index contributed by atoms with van der Waals surface area (Å²) in [5, 5.41) is 9.76. The van der Waals surface area contributed by atoms with Gasteiger partial charge < -0.3 is 14.6 Å². The summed E-state index contributed by atoms with van der Waals surface area (Å²) in [7, 11) is -5.14. The van der Waals surface area contributed by atoms with E-state index in [1.54, 1.807) is 19.9 Å². The fraction of sp³-hybridized carbons (Fsp3) is 0.440. The molecule has 0 spiro atoms. The number of halogens is 1. The van der Waals surface area contributed by atoms with E-state index in [4.69, 9.17) is 9.47 Å². The second kappa shape index (κ2) is 11.9. The third-order valence-corrected chi connectivity index (χ3v) is 9.93. The quantitative estimate of drug-likeness (QED) is 0.520. The maximum Gasteiger partial charge on any atom is 0.247 e. The molecule has 202 valence electrons. The number of fused-ring (bicyclic) bond motifs is 1. The summed E-state index contributed by atoms with van der Waals surface area (Å²) in [6.45, 7) is 3.02. The van der Waals surface area contributed by atoms with Gasteiger partial charge in [0.2, 0.25) is 20.0 Å². The van der Waals surface area contributed by atoms with Gasteiger partial charge in [-0.15, -0.1) is 0 Å². The van der Waals surface area contributed by atoms with Crippen molar-refractivity contribution in [2.45, 2.75) is 35.8 Å². The zero-order chi connectivity index (χ0) is 27.4. The fourth-order valence-corrected chi connectivity index (χ4v) is 6.88. The highest BCUT2D eigenvalue weighted by Crippen LogP contribution is 2.34. The van der Waals surface area contributed by atoms with E-state index in [1.165, 1.54) is 42.7 Å². The van der Waals surface area contributed by atoms with Crippen LogP contribution in [0.1, 0.15) is 19.4 Å². The standard InChI is InChI=1S/C25H31FN2O7S2/c1-18-15-28(19(2)17-29)37(32,33)25-12-7-20(6-5-13-34-4)14-23(25)35-24(18)16-27(3)36(30,31)22-10-8-21(26)9-11-22/h7-12,14,18-19,24,29H,13,15-17H2,1-4H3/t18-,19-,24+/m0/s1. The first-order valence-corrected chi connectivity index (χ1v) is 14.4. The number of aliphatic hydroxyl groups excluding tert-OH is 1. The molecule has 9 nitrogen and oxygen atoms in total. The normalized spacial score (nSPS) is 20.6. The number of hydrogen-bond acceptors (Lipinski definition) is 7. The molecule has 0 saturated heterocycles. The molecule has 12 heteroatoms. The van der Waals surface area contributed by atoms with Gasteiger partial charge in [0.1, 0.15) is 29.2 Å². The van der Waals surface area contributed by atoms with Crippen LogP contribution >= 0.6 is 0 Å². The highest BCUT2D eigenvalue weighted by molar-refractivity contribution is 7.89. The molecule has 37 heavy (non-hydrogen) atoms. The van der Waals surface area contributed by atoms with Crippen LogP contribution < -0.4 is 4.74 Å². The number of methoxy groups -OCH3 is 1. The maximum atomic E-state index is 13.5. The van der Waals surface area contributed by atoms with Crippen LogP contribution in [0.5, 0.6) is 5.75 Å². The molecule has 0 saturated carbocycles. The van der Waals surface area contributed by atoms with Gasteiger partial charge in [0.15, 0.2) is 0 Å². The van der Waals surface area contributed by atoms with Crippen LogP contribution in [0.2, 0.25) is 0 Å². The second-order valence-electron chi connectivity index (χ2n) is 8.88. The number of sulfonamides is 2. The van der Waals surface area contributed by atoms with Gasteiger partial charge in [-0.1, -0.05) is 18.8 Å². The zero-order valence-corrected chi connectivity index (χ0v) is 22.7. The van der Waals surface area contributed by atoms with Crippen molar-refractivity contribution in [3.8, 4) is 17.6 Å². The molecule has 1 aliphatic rings. The minimum atomic E-state index is -4.05. The smallest absolute Gasteiger partial charge is 0.247 e. The van der Waals surface area contributed by atoms with Gasteiger partial charge in [0.25, 0.3) is 0 Å². The van der Waals surface area contributed by atoms with Crippen LogP contribution in [0.25, 0.3) is 0 Å². The predicted molar refractivity (Wildman–Crippen MR) is 135 cm³/mol. The van der Waals surface area contributed by atoms with E-state index >= 15 is 0 Å². The lowest BCUT2D eigenvalue weighted by atomic mass is 10.0. The number of likely N-dealkylation sites (N-methyl/N-ethyl adjacent to an activating group) is 1. The number of rotatable bonds is 7. The third kappa shape index (κ3) is 6.49. The van der Waals surface area contributed by atoms with Crippen LogP contribution in [-0.2, 0) is 24.8 Å². The van der Waals surface area contributed by atoms with Crippen molar-refractivity contribution in [1.82, 2.24) is 8.61 Å². The maximum absolute atomic E-state index is 13.5. The average Bonchev–Trinajstić information content (AvgIpc) is 2.86. The zero-order valence-electron chi connectivity index (χ0n) is 21.1.